The number of rotatable bonds is 0. The summed E-state index contributed by atoms with van der Waals surface area (Å²) < 4.78 is 0. The van der Waals surface area contributed by atoms with E-state index in [0.717, 1.165) is 0 Å². The predicted octanol–water partition coefficient (Wildman–Crippen LogP) is 0.720. The van der Waals surface area contributed by atoms with Gasteiger partial charge in [-0.2, -0.15) is 0 Å². The highest BCUT2D eigenvalue weighted by molar-refractivity contribution is 4.69. The second-order valence-electron chi connectivity index (χ2n) is 2.43. The van der Waals surface area contributed by atoms with Crippen LogP contribution in [0.5, 0.6) is 0 Å². The van der Waals surface area contributed by atoms with Crippen LogP contribution in [-0.4, -0.2) is 17.3 Å². The van der Waals surface area contributed by atoms with Crippen LogP contribution >= 0.6 is 0 Å². The van der Waals surface area contributed by atoms with E-state index in [1.807, 2.05) is 0 Å². The molecule has 1 saturated carbocycles. The van der Waals surface area contributed by atoms with Crippen molar-refractivity contribution in [2.24, 2.45) is 0 Å². The minimum absolute atomic E-state index is 0.180. The van der Waals surface area contributed by atoms with Crippen LogP contribution in [0.25, 0.3) is 0 Å². The number of hydrogen-bond acceptors (Lipinski definition) is 1. The van der Waals surface area contributed by atoms with Gasteiger partial charge in [0.05, 0.1) is 12.2 Å². The number of aliphatic hydroxyl groups excluding tert-OH is 1. The zero-order valence-electron chi connectivity index (χ0n) is 4.84. The average molecular weight is 115 g/mol. The van der Waals surface area contributed by atoms with Crippen LogP contribution in [0.2, 0.25) is 0 Å². The summed E-state index contributed by atoms with van der Waals surface area (Å²) in [5.41, 5.74) is 0. The molecule has 0 aliphatic heterocycles. The first-order valence-corrected chi connectivity index (χ1v) is 3.13. The van der Waals surface area contributed by atoms with Crippen molar-refractivity contribution in [2.45, 2.75) is 37.9 Å². The van der Waals surface area contributed by atoms with Crippen molar-refractivity contribution in [2.75, 3.05) is 0 Å². The van der Waals surface area contributed by atoms with Gasteiger partial charge in [-0.25, -0.2) is 5.11 Å². The van der Waals surface area contributed by atoms with Gasteiger partial charge in [0.2, 0.25) is 0 Å². The Kier molecular flexibility index (Phi) is 1.86. The third-order valence-electron chi connectivity index (χ3n) is 1.64. The molecule has 0 aromatic heterocycles. The fourth-order valence-corrected chi connectivity index (χ4v) is 1.05. The molecular weight excluding hydrogens is 104 g/mol. The summed E-state index contributed by atoms with van der Waals surface area (Å²) in [6.45, 7) is 0. The molecule has 0 bridgehead atoms. The minimum Gasteiger partial charge on any atom is -0.393 e. The zero-order valence-corrected chi connectivity index (χ0v) is 4.84. The average Bonchev–Trinajstić information content (AvgIpc) is 1.77. The van der Waals surface area contributed by atoms with Gasteiger partial charge in [-0.05, 0) is 25.7 Å². The molecule has 8 heavy (non-hydrogen) atoms. The molecule has 0 unspecified atom stereocenters. The fraction of sp³-hybridized carbons (Fsp3) is 1.00. The molecule has 0 heterocycles. The SMILES string of the molecule is [O][C@H]1CC[C@@H](O)CC1. The van der Waals surface area contributed by atoms with Crippen LogP contribution < -0.4 is 0 Å². The monoisotopic (exact) mass is 115 g/mol. The van der Waals surface area contributed by atoms with Gasteiger partial charge in [0.1, 0.15) is 0 Å². The Labute approximate surface area is 49.1 Å². The molecule has 0 aromatic carbocycles. The van der Waals surface area contributed by atoms with Gasteiger partial charge in [-0.15, -0.1) is 0 Å². The first-order chi connectivity index (χ1) is 3.79. The van der Waals surface area contributed by atoms with Gasteiger partial charge in [0.25, 0.3) is 0 Å². The lowest BCUT2D eigenvalue weighted by Crippen LogP contribution is -2.20. The van der Waals surface area contributed by atoms with Gasteiger partial charge in [0.15, 0.2) is 0 Å². The summed E-state index contributed by atoms with van der Waals surface area (Å²) in [5.74, 6) is 0. The van der Waals surface area contributed by atoms with Crippen molar-refractivity contribution in [1.82, 2.24) is 0 Å². The van der Waals surface area contributed by atoms with Crippen molar-refractivity contribution in [1.29, 1.82) is 0 Å². The van der Waals surface area contributed by atoms with Gasteiger partial charge >= 0.3 is 0 Å². The van der Waals surface area contributed by atoms with E-state index in [1.54, 1.807) is 0 Å². The third-order valence-corrected chi connectivity index (χ3v) is 1.64. The van der Waals surface area contributed by atoms with Gasteiger partial charge in [-0.1, -0.05) is 0 Å². The van der Waals surface area contributed by atoms with Crippen LogP contribution in [0.1, 0.15) is 25.7 Å². The normalized spacial score (nSPS) is 39.8. The van der Waals surface area contributed by atoms with Crippen LogP contribution in [0.4, 0.5) is 0 Å². The summed E-state index contributed by atoms with van der Waals surface area (Å²) >= 11 is 0. The maximum absolute atomic E-state index is 10.6. The van der Waals surface area contributed by atoms with Crippen LogP contribution in [0.15, 0.2) is 0 Å². The highest BCUT2D eigenvalue weighted by atomic mass is 16.3. The summed E-state index contributed by atoms with van der Waals surface area (Å²) in [4.78, 5) is 0. The molecule has 0 amide bonds. The van der Waals surface area contributed by atoms with Crippen LogP contribution in [0.3, 0.4) is 0 Å². The third kappa shape index (κ3) is 1.46. The Morgan fingerprint density at radius 1 is 1.12 bits per heavy atom. The molecule has 47 valence electrons. The van der Waals surface area contributed by atoms with E-state index < -0.39 is 6.10 Å². The van der Waals surface area contributed by atoms with E-state index in [1.165, 1.54) is 0 Å². The summed E-state index contributed by atoms with van der Waals surface area (Å²) in [7, 11) is 0. The van der Waals surface area contributed by atoms with Crippen molar-refractivity contribution < 1.29 is 10.2 Å². The molecule has 1 rings (SSSR count). The Balaban J connectivity index is 2.19. The standard InChI is InChI=1S/C6H11O2/c7-5-1-2-6(8)4-3-5/h5-7H,1-4H2/t5-,6+. The van der Waals surface area contributed by atoms with E-state index in [4.69, 9.17) is 5.11 Å². The Morgan fingerprint density at radius 3 is 2.00 bits per heavy atom. The molecule has 0 aromatic rings. The molecule has 0 spiro atoms. The van der Waals surface area contributed by atoms with E-state index >= 15 is 0 Å². The highest BCUT2D eigenvalue weighted by Crippen LogP contribution is 2.17. The molecule has 1 radical (unpaired) electrons. The first kappa shape index (κ1) is 6.05. The van der Waals surface area contributed by atoms with Crippen LogP contribution in [-0.2, 0) is 5.11 Å². The molecule has 1 N–H and O–H groups in total. The fourth-order valence-electron chi connectivity index (χ4n) is 1.05. The van der Waals surface area contributed by atoms with Crippen molar-refractivity contribution in [3.63, 3.8) is 0 Å². The molecule has 0 saturated heterocycles. The highest BCUT2D eigenvalue weighted by Gasteiger charge is 2.17. The Hall–Kier alpha value is -0.0800. The van der Waals surface area contributed by atoms with Crippen molar-refractivity contribution in [3.05, 3.63) is 0 Å². The maximum atomic E-state index is 10.6. The second kappa shape index (κ2) is 2.46. The largest absolute Gasteiger partial charge is 0.393 e. The van der Waals surface area contributed by atoms with Crippen molar-refractivity contribution >= 4 is 0 Å². The minimum atomic E-state index is -0.390. The summed E-state index contributed by atoms with van der Waals surface area (Å²) in [6, 6.07) is 0. The van der Waals surface area contributed by atoms with E-state index in [-0.39, 0.29) is 6.10 Å². The quantitative estimate of drug-likeness (QED) is 0.496. The topological polar surface area (TPSA) is 40.1 Å². The van der Waals surface area contributed by atoms with E-state index in [0.29, 0.717) is 25.7 Å². The Morgan fingerprint density at radius 2 is 1.62 bits per heavy atom. The molecule has 0 atom stereocenters. The van der Waals surface area contributed by atoms with E-state index in [2.05, 4.69) is 0 Å². The molecule has 1 fully saturated rings. The van der Waals surface area contributed by atoms with E-state index in [9.17, 15) is 5.11 Å². The molecule has 2 heteroatoms. The molecule has 1 aliphatic carbocycles. The molecular formula is C6H11O2. The lowest BCUT2D eigenvalue weighted by Gasteiger charge is -2.18. The lowest BCUT2D eigenvalue weighted by molar-refractivity contribution is 0.0128. The van der Waals surface area contributed by atoms with Crippen molar-refractivity contribution in [3.8, 4) is 0 Å². The summed E-state index contributed by atoms with van der Waals surface area (Å²) in [5, 5.41) is 19.5. The number of hydrogen-bond donors (Lipinski definition) is 1. The van der Waals surface area contributed by atoms with Gasteiger partial charge in [-0.3, -0.25) is 0 Å². The van der Waals surface area contributed by atoms with Gasteiger partial charge < -0.3 is 5.11 Å². The number of aliphatic hydroxyl groups is 1. The van der Waals surface area contributed by atoms with Crippen LogP contribution in [0, 0.1) is 0 Å². The lowest BCUT2D eigenvalue weighted by atomic mass is 9.95. The van der Waals surface area contributed by atoms with Gasteiger partial charge in [0, 0.05) is 0 Å². The molecule has 1 aliphatic rings. The second-order valence-corrected chi connectivity index (χ2v) is 2.43. The first-order valence-electron chi connectivity index (χ1n) is 3.13. The Bertz CT molecular complexity index is 54.9. The predicted molar refractivity (Wildman–Crippen MR) is 28.9 cm³/mol. The maximum Gasteiger partial charge on any atom is 0.0932 e. The smallest absolute Gasteiger partial charge is 0.0932 e. The molecule has 2 nitrogen and oxygen atoms in total. The zero-order chi connectivity index (χ0) is 5.98. The summed E-state index contributed by atoms with van der Waals surface area (Å²) in [6.07, 6.45) is 2.20.